The Bertz CT molecular complexity index is 352. The van der Waals surface area contributed by atoms with Crippen LogP contribution in [0.5, 0.6) is 0 Å². The Kier molecular flexibility index (Phi) is 5.98. The Morgan fingerprint density at radius 3 is 2.81 bits per heavy atom. The Balaban J connectivity index is 2.43. The van der Waals surface area contributed by atoms with Gasteiger partial charge in [-0.1, -0.05) is 22.9 Å². The van der Waals surface area contributed by atoms with Gasteiger partial charge in [0.05, 0.1) is 5.69 Å². The summed E-state index contributed by atoms with van der Waals surface area (Å²) in [6.07, 6.45) is 3.44. The minimum Gasteiger partial charge on any atom is -0.302 e. The SMILES string of the molecule is CCc1nc(NC(=O)CCCCBr)sc1C. The predicted octanol–water partition coefficient (Wildman–Crippen LogP) is 3.52. The minimum absolute atomic E-state index is 0.0670. The fraction of sp³-hybridized carbons (Fsp3) is 0.636. The first-order chi connectivity index (χ1) is 7.67. The number of aryl methyl sites for hydroxylation is 2. The zero-order chi connectivity index (χ0) is 12.0. The Labute approximate surface area is 109 Å². The first kappa shape index (κ1) is 13.6. The largest absolute Gasteiger partial charge is 0.302 e. The van der Waals surface area contributed by atoms with Gasteiger partial charge in [-0.25, -0.2) is 4.98 Å². The number of carbonyl (C=O) groups is 1. The summed E-state index contributed by atoms with van der Waals surface area (Å²) in [5.74, 6) is 0.0670. The van der Waals surface area contributed by atoms with Crippen LogP contribution in [-0.2, 0) is 11.2 Å². The van der Waals surface area contributed by atoms with Crippen LogP contribution in [0.4, 0.5) is 5.13 Å². The van der Waals surface area contributed by atoms with Crippen LogP contribution in [0, 0.1) is 6.92 Å². The number of carbonyl (C=O) groups excluding carboxylic acids is 1. The molecule has 0 radical (unpaired) electrons. The van der Waals surface area contributed by atoms with Gasteiger partial charge >= 0.3 is 0 Å². The Morgan fingerprint density at radius 2 is 2.25 bits per heavy atom. The second-order valence-electron chi connectivity index (χ2n) is 3.57. The summed E-state index contributed by atoms with van der Waals surface area (Å²) in [7, 11) is 0. The average molecular weight is 305 g/mol. The number of hydrogen-bond acceptors (Lipinski definition) is 3. The zero-order valence-corrected chi connectivity index (χ0v) is 12.1. The lowest BCUT2D eigenvalue weighted by molar-refractivity contribution is -0.116. The third-order valence-corrected chi connectivity index (χ3v) is 3.75. The molecule has 1 rings (SSSR count). The van der Waals surface area contributed by atoms with Gasteiger partial charge in [0.2, 0.25) is 5.91 Å². The maximum Gasteiger partial charge on any atom is 0.226 e. The fourth-order valence-electron chi connectivity index (χ4n) is 1.37. The maximum absolute atomic E-state index is 11.5. The van der Waals surface area contributed by atoms with Crippen molar-refractivity contribution in [3.05, 3.63) is 10.6 Å². The number of nitrogens with zero attached hydrogens (tertiary/aromatic N) is 1. The number of amides is 1. The van der Waals surface area contributed by atoms with Crippen molar-refractivity contribution in [3.8, 4) is 0 Å². The molecule has 0 spiro atoms. The van der Waals surface area contributed by atoms with Crippen LogP contribution in [0.25, 0.3) is 0 Å². The van der Waals surface area contributed by atoms with Crippen molar-refractivity contribution in [2.24, 2.45) is 0 Å². The predicted molar refractivity (Wildman–Crippen MR) is 72.5 cm³/mol. The number of anilines is 1. The van der Waals surface area contributed by atoms with Crippen molar-refractivity contribution in [1.29, 1.82) is 0 Å². The molecule has 0 aliphatic rings. The van der Waals surface area contributed by atoms with Crippen LogP contribution >= 0.6 is 27.3 Å². The molecule has 0 atom stereocenters. The quantitative estimate of drug-likeness (QED) is 0.645. The molecule has 5 heteroatoms. The lowest BCUT2D eigenvalue weighted by Crippen LogP contribution is -2.10. The van der Waals surface area contributed by atoms with Crippen LogP contribution in [0.15, 0.2) is 0 Å². The lowest BCUT2D eigenvalue weighted by Gasteiger charge is -1.99. The molecule has 1 heterocycles. The smallest absolute Gasteiger partial charge is 0.226 e. The van der Waals surface area contributed by atoms with E-state index < -0.39 is 0 Å². The molecule has 0 bridgehead atoms. The first-order valence-electron chi connectivity index (χ1n) is 5.49. The Hall–Kier alpha value is -0.420. The topological polar surface area (TPSA) is 42.0 Å². The molecule has 3 nitrogen and oxygen atoms in total. The van der Waals surface area contributed by atoms with Crippen LogP contribution in [0.2, 0.25) is 0 Å². The van der Waals surface area contributed by atoms with Crippen molar-refractivity contribution in [1.82, 2.24) is 4.98 Å². The molecule has 1 aromatic heterocycles. The number of unbranched alkanes of at least 4 members (excludes halogenated alkanes) is 1. The molecule has 1 N–H and O–H groups in total. The van der Waals surface area contributed by atoms with E-state index in [9.17, 15) is 4.79 Å². The molecule has 0 aromatic carbocycles. The minimum atomic E-state index is 0.0670. The van der Waals surface area contributed by atoms with Crippen LogP contribution < -0.4 is 5.32 Å². The summed E-state index contributed by atoms with van der Waals surface area (Å²) < 4.78 is 0. The molecule has 90 valence electrons. The lowest BCUT2D eigenvalue weighted by atomic mass is 10.2. The molecule has 0 aliphatic carbocycles. The summed E-state index contributed by atoms with van der Waals surface area (Å²) in [4.78, 5) is 17.1. The van der Waals surface area contributed by atoms with E-state index in [0.29, 0.717) is 6.42 Å². The highest BCUT2D eigenvalue weighted by Gasteiger charge is 2.08. The fourth-order valence-corrected chi connectivity index (χ4v) is 2.69. The van der Waals surface area contributed by atoms with Crippen molar-refractivity contribution in [2.45, 2.75) is 39.5 Å². The molecule has 0 unspecified atom stereocenters. The number of alkyl halides is 1. The number of aromatic nitrogens is 1. The number of halogens is 1. The molecule has 1 amide bonds. The van der Waals surface area contributed by atoms with E-state index in [1.807, 2.05) is 6.92 Å². The molecule has 1 aromatic rings. The molecule has 0 fully saturated rings. The van der Waals surface area contributed by atoms with Crippen molar-refractivity contribution >= 4 is 38.3 Å². The van der Waals surface area contributed by atoms with Gasteiger partial charge in [0.15, 0.2) is 5.13 Å². The van der Waals surface area contributed by atoms with Crippen LogP contribution in [0.3, 0.4) is 0 Å². The zero-order valence-electron chi connectivity index (χ0n) is 9.68. The van der Waals surface area contributed by atoms with E-state index in [0.717, 1.165) is 35.4 Å². The molecule has 0 saturated carbocycles. The van der Waals surface area contributed by atoms with E-state index in [1.54, 1.807) is 11.3 Å². The number of nitrogens with one attached hydrogen (secondary N) is 1. The second-order valence-corrected chi connectivity index (χ2v) is 5.57. The highest BCUT2D eigenvalue weighted by molar-refractivity contribution is 9.09. The number of hydrogen-bond donors (Lipinski definition) is 1. The average Bonchev–Trinajstić information content (AvgIpc) is 2.59. The van der Waals surface area contributed by atoms with Gasteiger partial charge in [0.25, 0.3) is 0 Å². The van der Waals surface area contributed by atoms with Gasteiger partial charge in [0, 0.05) is 16.6 Å². The highest BCUT2D eigenvalue weighted by atomic mass is 79.9. The van der Waals surface area contributed by atoms with Gasteiger partial charge in [0.1, 0.15) is 0 Å². The van der Waals surface area contributed by atoms with Gasteiger partial charge < -0.3 is 5.32 Å². The third-order valence-electron chi connectivity index (χ3n) is 2.26. The Morgan fingerprint density at radius 1 is 1.50 bits per heavy atom. The normalized spacial score (nSPS) is 10.4. The highest BCUT2D eigenvalue weighted by Crippen LogP contribution is 2.22. The van der Waals surface area contributed by atoms with Gasteiger partial charge in [-0.3, -0.25) is 4.79 Å². The molecule has 16 heavy (non-hydrogen) atoms. The third kappa shape index (κ3) is 4.22. The van der Waals surface area contributed by atoms with Crippen LogP contribution in [-0.4, -0.2) is 16.2 Å². The summed E-state index contributed by atoms with van der Waals surface area (Å²) >= 11 is 4.90. The summed E-state index contributed by atoms with van der Waals surface area (Å²) in [6, 6.07) is 0. The number of thiazole rings is 1. The summed E-state index contributed by atoms with van der Waals surface area (Å²) in [5.41, 5.74) is 1.08. The number of rotatable bonds is 6. The maximum atomic E-state index is 11.5. The van der Waals surface area contributed by atoms with Gasteiger partial charge in [-0.15, -0.1) is 11.3 Å². The summed E-state index contributed by atoms with van der Waals surface area (Å²) in [5, 5.41) is 4.54. The molecular weight excluding hydrogens is 288 g/mol. The van der Waals surface area contributed by atoms with Crippen molar-refractivity contribution in [2.75, 3.05) is 10.6 Å². The van der Waals surface area contributed by atoms with E-state index in [2.05, 4.69) is 33.2 Å². The molecule has 0 aliphatic heterocycles. The molecule has 0 saturated heterocycles. The second kappa shape index (κ2) is 7.01. The van der Waals surface area contributed by atoms with Gasteiger partial charge in [-0.2, -0.15) is 0 Å². The van der Waals surface area contributed by atoms with E-state index in [-0.39, 0.29) is 5.91 Å². The van der Waals surface area contributed by atoms with E-state index >= 15 is 0 Å². The van der Waals surface area contributed by atoms with Crippen molar-refractivity contribution in [3.63, 3.8) is 0 Å². The monoisotopic (exact) mass is 304 g/mol. The summed E-state index contributed by atoms with van der Waals surface area (Å²) in [6.45, 7) is 4.11. The van der Waals surface area contributed by atoms with E-state index in [4.69, 9.17) is 0 Å². The van der Waals surface area contributed by atoms with Crippen LogP contribution in [0.1, 0.15) is 36.8 Å². The van der Waals surface area contributed by atoms with Crippen molar-refractivity contribution < 1.29 is 4.79 Å². The van der Waals surface area contributed by atoms with E-state index in [1.165, 1.54) is 4.88 Å². The van der Waals surface area contributed by atoms with Gasteiger partial charge in [-0.05, 0) is 26.2 Å². The standard InChI is InChI=1S/C11H17BrN2OS/c1-3-9-8(2)16-11(13-9)14-10(15)6-4-5-7-12/h3-7H2,1-2H3,(H,13,14,15). The first-order valence-corrected chi connectivity index (χ1v) is 7.43. The molecular formula is C11H17BrN2OS.